The molecule has 0 spiro atoms. The number of methoxy groups -OCH3 is 2. The highest BCUT2D eigenvalue weighted by Crippen LogP contribution is 2.38. The molecule has 0 bridgehead atoms. The van der Waals surface area contributed by atoms with Crippen molar-refractivity contribution in [2.24, 2.45) is 10.2 Å². The molecule has 0 aromatic heterocycles. The van der Waals surface area contributed by atoms with Crippen molar-refractivity contribution in [1.29, 1.82) is 0 Å². The molecule has 0 radical (unpaired) electrons. The van der Waals surface area contributed by atoms with Crippen molar-refractivity contribution >= 4 is 41.6 Å². The van der Waals surface area contributed by atoms with Gasteiger partial charge in [-0.2, -0.15) is 10.2 Å². The van der Waals surface area contributed by atoms with Gasteiger partial charge >= 0.3 is 11.9 Å². The van der Waals surface area contributed by atoms with Crippen LogP contribution >= 0.6 is 12.2 Å². The Bertz CT molecular complexity index is 2040. The Hall–Kier alpha value is -6.67. The van der Waals surface area contributed by atoms with E-state index in [0.29, 0.717) is 77.1 Å². The van der Waals surface area contributed by atoms with E-state index < -0.39 is 11.9 Å². The van der Waals surface area contributed by atoms with Crippen molar-refractivity contribution in [3.63, 3.8) is 0 Å². The van der Waals surface area contributed by atoms with Gasteiger partial charge in [0.25, 0.3) is 0 Å². The van der Waals surface area contributed by atoms with Crippen LogP contribution < -0.4 is 33.2 Å². The molecule has 0 fully saturated rings. The molecule has 14 heteroatoms. The highest BCUT2D eigenvalue weighted by molar-refractivity contribution is 7.80. The van der Waals surface area contributed by atoms with Gasteiger partial charge in [0.15, 0.2) is 16.5 Å². The van der Waals surface area contributed by atoms with E-state index in [4.69, 9.17) is 54.8 Å². The second kappa shape index (κ2) is 28.0. The molecule has 328 valence electrons. The van der Waals surface area contributed by atoms with E-state index in [0.717, 1.165) is 62.7 Å². The molecule has 13 nitrogen and oxygen atoms in total. The molecule has 4 aromatic carbocycles. The first-order valence-corrected chi connectivity index (χ1v) is 20.7. The average molecular weight is 867 g/mol. The lowest BCUT2D eigenvalue weighted by molar-refractivity contribution is -0.137. The number of hydrogen-bond acceptors (Lipinski definition) is 14. The molecule has 4 rings (SSSR count). The maximum absolute atomic E-state index is 12.7. The Morgan fingerprint density at radius 2 is 1.05 bits per heavy atom. The van der Waals surface area contributed by atoms with E-state index in [2.05, 4.69) is 23.4 Å². The standard InChI is InChI=1S/C48H54N2O11S/c1-5-45(51)57-29-13-9-7-11-28-56-40-23-25-41(26-24-40)59-35-60-47-43(53-3)31-37(32-44(47)54-4)34-50-49-33-36-15-19-42(20-16-36)61-48(52)38-17-21-39(22-18-38)55-27-12-8-10-14-30-58-46(62)6-2/h5-6,15-26,31-34H,1-2,7-14,27-30,35H2,3-4H3/b49-33+,50-34+. The summed E-state index contributed by atoms with van der Waals surface area (Å²) in [6, 6.07) is 24.5. The molecule has 4 aromatic rings. The molecule has 0 aliphatic heterocycles. The summed E-state index contributed by atoms with van der Waals surface area (Å²) in [4.78, 5) is 23.8. The molecule has 0 saturated heterocycles. The minimum absolute atomic E-state index is 0.0973. The Labute approximate surface area is 368 Å². The zero-order valence-corrected chi connectivity index (χ0v) is 36.1. The normalized spacial score (nSPS) is 10.8. The highest BCUT2D eigenvalue weighted by atomic mass is 32.1. The molecule has 0 heterocycles. The zero-order valence-electron chi connectivity index (χ0n) is 35.3. The maximum atomic E-state index is 12.7. The third-order valence-electron chi connectivity index (χ3n) is 8.83. The smallest absolute Gasteiger partial charge is 0.343 e. The average Bonchev–Trinajstić information content (AvgIpc) is 3.30. The number of ether oxygens (including phenoxy) is 9. The molecule has 0 saturated carbocycles. The van der Waals surface area contributed by atoms with Crippen LogP contribution in [0.3, 0.4) is 0 Å². The van der Waals surface area contributed by atoms with Gasteiger partial charge in [-0.1, -0.05) is 13.2 Å². The van der Waals surface area contributed by atoms with E-state index in [1.54, 1.807) is 85.2 Å². The lowest BCUT2D eigenvalue weighted by Gasteiger charge is -2.15. The summed E-state index contributed by atoms with van der Waals surface area (Å²) in [6.07, 6.45) is 13.3. The number of carbonyl (C=O) groups is 2. The summed E-state index contributed by atoms with van der Waals surface area (Å²) < 4.78 is 50.3. The molecule has 0 unspecified atom stereocenters. The quantitative estimate of drug-likeness (QED) is 0.00750. The zero-order chi connectivity index (χ0) is 44.2. The molecule has 0 N–H and O–H groups in total. The number of esters is 2. The van der Waals surface area contributed by atoms with Crippen LogP contribution in [0, 0.1) is 0 Å². The van der Waals surface area contributed by atoms with E-state index >= 15 is 0 Å². The Morgan fingerprint density at radius 3 is 1.58 bits per heavy atom. The van der Waals surface area contributed by atoms with Gasteiger partial charge in [0.2, 0.25) is 12.5 Å². The van der Waals surface area contributed by atoms with Crippen LogP contribution in [-0.2, 0) is 14.3 Å². The fourth-order valence-corrected chi connectivity index (χ4v) is 5.62. The summed E-state index contributed by atoms with van der Waals surface area (Å²) in [5, 5.41) is 8.75. The number of thiocarbonyl (C=S) groups is 1. The second-order valence-corrected chi connectivity index (χ2v) is 13.8. The predicted molar refractivity (Wildman–Crippen MR) is 243 cm³/mol. The number of nitrogens with zero attached hydrogens (tertiary/aromatic N) is 2. The van der Waals surface area contributed by atoms with Gasteiger partial charge in [-0.05, 0) is 160 Å². The van der Waals surface area contributed by atoms with Gasteiger partial charge in [0, 0.05) is 11.6 Å². The Kier molecular flexibility index (Phi) is 21.7. The van der Waals surface area contributed by atoms with Gasteiger partial charge in [0.05, 0.1) is 58.6 Å². The lowest BCUT2D eigenvalue weighted by atomic mass is 10.2. The van der Waals surface area contributed by atoms with Crippen molar-refractivity contribution in [3.05, 3.63) is 127 Å². The van der Waals surface area contributed by atoms with Gasteiger partial charge in [0.1, 0.15) is 23.0 Å². The first-order valence-electron chi connectivity index (χ1n) is 20.3. The highest BCUT2D eigenvalue weighted by Gasteiger charge is 2.15. The van der Waals surface area contributed by atoms with Crippen LogP contribution in [0.25, 0.3) is 0 Å². The van der Waals surface area contributed by atoms with Crippen molar-refractivity contribution < 1.29 is 52.2 Å². The van der Waals surface area contributed by atoms with E-state index in [-0.39, 0.29) is 6.79 Å². The third kappa shape index (κ3) is 17.9. The van der Waals surface area contributed by atoms with Crippen molar-refractivity contribution in [2.75, 3.05) is 47.4 Å². The first kappa shape index (κ1) is 48.0. The fourth-order valence-electron chi connectivity index (χ4n) is 5.54. The van der Waals surface area contributed by atoms with Crippen molar-refractivity contribution in [3.8, 4) is 40.2 Å². The molecule has 0 aliphatic rings. The van der Waals surface area contributed by atoms with Crippen LogP contribution in [0.15, 0.2) is 120 Å². The van der Waals surface area contributed by atoms with Gasteiger partial charge in [-0.15, -0.1) is 0 Å². The topological polar surface area (TPSA) is 142 Å². The SMILES string of the molecule is C=CC(=O)OCCCCCCOc1ccc(OCOc2c(OC)cc(/C=N/N=C/c3ccc(OC(=O)c4ccc(OCCCCCCOC(=S)C=C)cc4)cc3)cc2OC)cc1. The number of rotatable bonds is 29. The summed E-state index contributed by atoms with van der Waals surface area (Å²) in [5.74, 6) is 2.75. The van der Waals surface area contributed by atoms with E-state index in [1.165, 1.54) is 26.4 Å². The second-order valence-electron chi connectivity index (χ2n) is 13.4. The summed E-state index contributed by atoms with van der Waals surface area (Å²) in [6.45, 7) is 9.02. The summed E-state index contributed by atoms with van der Waals surface area (Å²) in [5.41, 5.74) is 1.83. The number of unbranched alkanes of at least 4 members (excludes halogenated alkanes) is 6. The number of benzene rings is 4. The first-order chi connectivity index (χ1) is 30.3. The minimum Gasteiger partial charge on any atom is -0.494 e. The Balaban J connectivity index is 1.16. The van der Waals surface area contributed by atoms with Crippen LogP contribution in [-0.4, -0.2) is 76.9 Å². The molecule has 0 amide bonds. The van der Waals surface area contributed by atoms with Gasteiger partial charge < -0.3 is 42.6 Å². The van der Waals surface area contributed by atoms with Crippen LogP contribution in [0.2, 0.25) is 0 Å². The summed E-state index contributed by atoms with van der Waals surface area (Å²) >= 11 is 4.95. The van der Waals surface area contributed by atoms with E-state index in [1.807, 2.05) is 12.1 Å². The number of hydrogen-bond donors (Lipinski definition) is 0. The molecule has 62 heavy (non-hydrogen) atoms. The molecular weight excluding hydrogens is 813 g/mol. The molecule has 0 atom stereocenters. The van der Waals surface area contributed by atoms with Crippen molar-refractivity contribution in [2.45, 2.75) is 51.4 Å². The predicted octanol–water partition coefficient (Wildman–Crippen LogP) is 9.93. The van der Waals surface area contributed by atoms with Gasteiger partial charge in [-0.3, -0.25) is 0 Å². The van der Waals surface area contributed by atoms with Crippen LogP contribution in [0.5, 0.6) is 40.2 Å². The minimum atomic E-state index is -0.477. The monoisotopic (exact) mass is 866 g/mol. The molecule has 0 aliphatic carbocycles. The van der Waals surface area contributed by atoms with Crippen LogP contribution in [0.4, 0.5) is 0 Å². The third-order valence-corrected chi connectivity index (χ3v) is 9.12. The number of carbonyl (C=O) groups excluding carboxylic acids is 2. The molecular formula is C48H54N2O11S. The maximum Gasteiger partial charge on any atom is 0.343 e. The summed E-state index contributed by atoms with van der Waals surface area (Å²) in [7, 11) is 3.06. The van der Waals surface area contributed by atoms with Gasteiger partial charge in [-0.25, -0.2) is 9.59 Å². The van der Waals surface area contributed by atoms with Crippen LogP contribution in [0.1, 0.15) is 72.9 Å². The Morgan fingerprint density at radius 1 is 0.565 bits per heavy atom. The largest absolute Gasteiger partial charge is 0.494 e. The fraction of sp³-hybridized carbons (Fsp3) is 0.312. The van der Waals surface area contributed by atoms with Crippen molar-refractivity contribution in [1.82, 2.24) is 0 Å². The lowest BCUT2D eigenvalue weighted by Crippen LogP contribution is -2.08. The van der Waals surface area contributed by atoms with E-state index in [9.17, 15) is 9.59 Å².